The summed E-state index contributed by atoms with van der Waals surface area (Å²) in [5.74, 6) is 3.30. The van der Waals surface area contributed by atoms with E-state index in [0.717, 1.165) is 18.3 Å². The van der Waals surface area contributed by atoms with E-state index in [9.17, 15) is 9.59 Å². The maximum atomic E-state index is 12.5. The van der Waals surface area contributed by atoms with Gasteiger partial charge in [0.2, 0.25) is 0 Å². The lowest BCUT2D eigenvalue weighted by Crippen LogP contribution is -2.36. The van der Waals surface area contributed by atoms with E-state index >= 15 is 0 Å². The second-order valence-corrected chi connectivity index (χ2v) is 8.17. The summed E-state index contributed by atoms with van der Waals surface area (Å²) in [6.07, 6.45) is 7.84. The maximum Gasteiger partial charge on any atom is 0.344 e. The van der Waals surface area contributed by atoms with E-state index in [0.29, 0.717) is 36.9 Å². The van der Waals surface area contributed by atoms with Crippen LogP contribution in [0.3, 0.4) is 0 Å². The van der Waals surface area contributed by atoms with Crippen LogP contribution in [0, 0.1) is 41.4 Å². The zero-order valence-electron chi connectivity index (χ0n) is 15.1. The van der Waals surface area contributed by atoms with Gasteiger partial charge in [0.15, 0.2) is 6.61 Å². The van der Waals surface area contributed by atoms with Crippen molar-refractivity contribution in [3.05, 3.63) is 12.2 Å². The third-order valence-electron chi connectivity index (χ3n) is 6.79. The summed E-state index contributed by atoms with van der Waals surface area (Å²) in [5, 5.41) is 0. The first-order valence-electron chi connectivity index (χ1n) is 9.70. The van der Waals surface area contributed by atoms with E-state index in [1.165, 1.54) is 12.8 Å². The zero-order chi connectivity index (χ0) is 17.6. The molecule has 0 aromatic rings. The molecule has 8 unspecified atom stereocenters. The number of allylic oxidation sites excluding steroid dienone is 2. The highest BCUT2D eigenvalue weighted by Gasteiger charge is 2.62. The lowest BCUT2D eigenvalue weighted by Gasteiger charge is -2.35. The molecule has 0 saturated heterocycles. The predicted molar refractivity (Wildman–Crippen MR) is 90.4 cm³/mol. The van der Waals surface area contributed by atoms with Crippen LogP contribution in [-0.2, 0) is 23.8 Å². The quantitative estimate of drug-likeness (QED) is 0.402. The Morgan fingerprint density at radius 2 is 1.88 bits per heavy atom. The molecule has 3 saturated carbocycles. The Labute approximate surface area is 149 Å². The molecule has 4 aliphatic rings. The molecule has 8 atom stereocenters. The molecular weight excluding hydrogens is 320 g/mol. The van der Waals surface area contributed by atoms with Gasteiger partial charge in [0.05, 0.1) is 12.5 Å². The van der Waals surface area contributed by atoms with Gasteiger partial charge in [0.25, 0.3) is 0 Å². The second kappa shape index (κ2) is 6.75. The number of carbonyl (C=O) groups excluding carboxylic acids is 2. The standard InChI is InChI=1S/C20H28O5/c1-3-23-9-11(2)25-17(21)10-24-20(22)16-8-14-7-15(16)19-13-5-4-12(6-13)18(14)19/h4-5,11-16,18-19H,3,6-10H2,1-2H3. The van der Waals surface area contributed by atoms with Crippen LogP contribution in [0.2, 0.25) is 0 Å². The predicted octanol–water partition coefficient (Wildman–Crippen LogP) is 2.59. The molecule has 5 heteroatoms. The van der Waals surface area contributed by atoms with Crippen molar-refractivity contribution in [2.24, 2.45) is 41.4 Å². The van der Waals surface area contributed by atoms with Crippen LogP contribution in [0.4, 0.5) is 0 Å². The molecule has 5 nitrogen and oxygen atoms in total. The van der Waals surface area contributed by atoms with Gasteiger partial charge in [-0.2, -0.15) is 0 Å². The molecule has 25 heavy (non-hydrogen) atoms. The summed E-state index contributed by atoms with van der Waals surface area (Å²) in [4.78, 5) is 24.3. The van der Waals surface area contributed by atoms with Crippen molar-refractivity contribution in [3.8, 4) is 0 Å². The van der Waals surface area contributed by atoms with Gasteiger partial charge >= 0.3 is 11.9 Å². The molecule has 0 amide bonds. The first kappa shape index (κ1) is 17.1. The number of hydrogen-bond acceptors (Lipinski definition) is 5. The molecule has 0 spiro atoms. The molecule has 4 rings (SSSR count). The van der Waals surface area contributed by atoms with Gasteiger partial charge in [-0.05, 0) is 68.6 Å². The van der Waals surface area contributed by atoms with Gasteiger partial charge in [-0.1, -0.05) is 12.2 Å². The molecule has 138 valence electrons. The van der Waals surface area contributed by atoms with Crippen LogP contribution in [0.15, 0.2) is 12.2 Å². The first-order valence-corrected chi connectivity index (χ1v) is 9.70. The van der Waals surface area contributed by atoms with E-state index in [2.05, 4.69) is 12.2 Å². The molecule has 0 heterocycles. The van der Waals surface area contributed by atoms with Gasteiger partial charge in [-0.3, -0.25) is 4.79 Å². The summed E-state index contributed by atoms with van der Waals surface area (Å²) in [5.41, 5.74) is 0. The molecule has 0 N–H and O–H groups in total. The number of carbonyl (C=O) groups is 2. The Kier molecular flexibility index (Phi) is 4.61. The van der Waals surface area contributed by atoms with E-state index in [1.54, 1.807) is 6.92 Å². The fraction of sp³-hybridized carbons (Fsp3) is 0.800. The van der Waals surface area contributed by atoms with Crippen molar-refractivity contribution in [3.63, 3.8) is 0 Å². The highest BCUT2D eigenvalue weighted by Crippen LogP contribution is 2.67. The lowest BCUT2D eigenvalue weighted by atomic mass is 9.69. The average molecular weight is 348 g/mol. The maximum absolute atomic E-state index is 12.5. The molecule has 0 aromatic heterocycles. The third kappa shape index (κ3) is 3.01. The van der Waals surface area contributed by atoms with E-state index < -0.39 is 5.97 Å². The van der Waals surface area contributed by atoms with Crippen LogP contribution in [0.25, 0.3) is 0 Å². The number of rotatable bonds is 7. The van der Waals surface area contributed by atoms with Crippen molar-refractivity contribution in [1.29, 1.82) is 0 Å². The number of ether oxygens (including phenoxy) is 3. The fourth-order valence-electron chi connectivity index (χ4n) is 6.10. The van der Waals surface area contributed by atoms with E-state index in [4.69, 9.17) is 14.2 Å². The van der Waals surface area contributed by atoms with Crippen molar-refractivity contribution in [2.45, 2.75) is 39.2 Å². The largest absolute Gasteiger partial charge is 0.458 e. The Hall–Kier alpha value is -1.36. The van der Waals surface area contributed by atoms with Gasteiger partial charge in [-0.25, -0.2) is 4.79 Å². The Morgan fingerprint density at radius 1 is 1.12 bits per heavy atom. The van der Waals surface area contributed by atoms with E-state index in [1.807, 2.05) is 6.92 Å². The number of fused-ring (bicyclic) bond motifs is 9. The average Bonchev–Trinajstić information content (AvgIpc) is 3.35. The second-order valence-electron chi connectivity index (χ2n) is 8.17. The lowest BCUT2D eigenvalue weighted by molar-refractivity contribution is -0.167. The monoisotopic (exact) mass is 348 g/mol. The molecule has 0 aromatic carbocycles. The Morgan fingerprint density at radius 3 is 2.64 bits per heavy atom. The molecular formula is C20H28O5. The van der Waals surface area contributed by atoms with Crippen molar-refractivity contribution < 1.29 is 23.8 Å². The van der Waals surface area contributed by atoms with Gasteiger partial charge in [0.1, 0.15) is 6.10 Å². The Bertz CT molecular complexity index is 570. The van der Waals surface area contributed by atoms with Crippen LogP contribution >= 0.6 is 0 Å². The topological polar surface area (TPSA) is 61.8 Å². The van der Waals surface area contributed by atoms with Crippen molar-refractivity contribution >= 4 is 11.9 Å². The zero-order valence-corrected chi connectivity index (χ0v) is 15.1. The number of hydrogen-bond donors (Lipinski definition) is 0. The van der Waals surface area contributed by atoms with E-state index in [-0.39, 0.29) is 24.6 Å². The minimum absolute atomic E-state index is 0.0207. The molecule has 0 aliphatic heterocycles. The smallest absolute Gasteiger partial charge is 0.344 e. The molecule has 3 fully saturated rings. The summed E-state index contributed by atoms with van der Waals surface area (Å²) in [7, 11) is 0. The highest BCUT2D eigenvalue weighted by atomic mass is 16.6. The van der Waals surface area contributed by atoms with Crippen molar-refractivity contribution in [2.75, 3.05) is 19.8 Å². The summed E-state index contributed by atoms with van der Waals surface area (Å²) in [6.45, 7) is 4.32. The fourth-order valence-corrected chi connectivity index (χ4v) is 6.10. The minimum atomic E-state index is -0.496. The number of esters is 2. The van der Waals surface area contributed by atoms with Gasteiger partial charge in [0, 0.05) is 6.61 Å². The van der Waals surface area contributed by atoms with Gasteiger partial charge < -0.3 is 14.2 Å². The summed E-state index contributed by atoms with van der Waals surface area (Å²) < 4.78 is 15.7. The summed E-state index contributed by atoms with van der Waals surface area (Å²) in [6, 6.07) is 0. The third-order valence-corrected chi connectivity index (χ3v) is 6.79. The molecule has 0 radical (unpaired) electrons. The SMILES string of the molecule is CCOCC(C)OC(=O)COC(=O)C1CC2CC1C1C3C=CC(C3)C21. The summed E-state index contributed by atoms with van der Waals surface area (Å²) >= 11 is 0. The Balaban J connectivity index is 1.26. The van der Waals surface area contributed by atoms with Crippen molar-refractivity contribution in [1.82, 2.24) is 0 Å². The normalized spacial score (nSPS) is 41.0. The van der Waals surface area contributed by atoms with Crippen LogP contribution in [-0.4, -0.2) is 37.9 Å². The van der Waals surface area contributed by atoms with Crippen LogP contribution in [0.5, 0.6) is 0 Å². The van der Waals surface area contributed by atoms with Crippen LogP contribution in [0.1, 0.15) is 33.1 Å². The minimum Gasteiger partial charge on any atom is -0.458 e. The molecule has 4 aliphatic carbocycles. The highest BCUT2D eigenvalue weighted by molar-refractivity contribution is 5.78. The van der Waals surface area contributed by atoms with Gasteiger partial charge in [-0.15, -0.1) is 0 Å². The molecule has 4 bridgehead atoms. The van der Waals surface area contributed by atoms with Crippen LogP contribution < -0.4 is 0 Å². The first-order chi connectivity index (χ1) is 12.1.